The average molecular weight is 325 g/mol. The zero-order valence-electron chi connectivity index (χ0n) is 12.5. The van der Waals surface area contributed by atoms with Crippen molar-refractivity contribution < 1.29 is 17.9 Å². The highest BCUT2D eigenvalue weighted by atomic mass is 32.2. The number of nitrogens with zero attached hydrogens (tertiary/aromatic N) is 2. The van der Waals surface area contributed by atoms with E-state index in [0.717, 1.165) is 0 Å². The standard InChI is InChI=1S/C14H19N3O4S/c1-9(2)21-11-3-12(7-16-6-11)22(19,20)17-8-10-4-14(17,5-10)13(15)18/h3,6-7,9-10H,4-5,8H2,1-2H3,(H2,15,18). The first-order valence-electron chi connectivity index (χ1n) is 7.20. The average Bonchev–Trinajstić information content (AvgIpc) is 2.94. The molecule has 7 nitrogen and oxygen atoms in total. The zero-order chi connectivity index (χ0) is 16.1. The van der Waals surface area contributed by atoms with Gasteiger partial charge in [-0.3, -0.25) is 9.78 Å². The van der Waals surface area contributed by atoms with Crippen LogP contribution in [-0.2, 0) is 14.8 Å². The molecule has 2 aliphatic heterocycles. The first kappa shape index (κ1) is 15.2. The Hall–Kier alpha value is -1.67. The Morgan fingerprint density at radius 2 is 2.14 bits per heavy atom. The molecule has 8 heteroatoms. The second-order valence-electron chi connectivity index (χ2n) is 6.23. The number of amides is 1. The van der Waals surface area contributed by atoms with E-state index in [9.17, 15) is 13.2 Å². The van der Waals surface area contributed by atoms with Crippen molar-refractivity contribution >= 4 is 15.9 Å². The first-order chi connectivity index (χ1) is 10.3. The summed E-state index contributed by atoms with van der Waals surface area (Å²) >= 11 is 0. The molecule has 0 aromatic carbocycles. The van der Waals surface area contributed by atoms with Gasteiger partial charge >= 0.3 is 0 Å². The number of hydrogen-bond acceptors (Lipinski definition) is 5. The van der Waals surface area contributed by atoms with Crippen LogP contribution in [-0.4, -0.2) is 41.8 Å². The maximum Gasteiger partial charge on any atom is 0.245 e. The van der Waals surface area contributed by atoms with E-state index in [0.29, 0.717) is 25.1 Å². The number of rotatable bonds is 5. The summed E-state index contributed by atoms with van der Waals surface area (Å²) in [6, 6.07) is 1.44. The molecule has 2 bridgehead atoms. The molecular weight excluding hydrogens is 306 g/mol. The van der Waals surface area contributed by atoms with Gasteiger partial charge in [-0.25, -0.2) is 8.42 Å². The van der Waals surface area contributed by atoms with Gasteiger partial charge in [-0.05, 0) is 32.6 Å². The first-order valence-corrected chi connectivity index (χ1v) is 8.64. The molecule has 1 saturated carbocycles. The smallest absolute Gasteiger partial charge is 0.245 e. The van der Waals surface area contributed by atoms with Gasteiger partial charge in [0.05, 0.1) is 12.3 Å². The van der Waals surface area contributed by atoms with Crippen LogP contribution in [0.4, 0.5) is 0 Å². The largest absolute Gasteiger partial charge is 0.489 e. The van der Waals surface area contributed by atoms with Crippen molar-refractivity contribution in [2.24, 2.45) is 11.7 Å². The lowest BCUT2D eigenvalue weighted by atomic mass is 9.73. The molecule has 1 aromatic rings. The van der Waals surface area contributed by atoms with E-state index in [1.54, 1.807) is 0 Å². The van der Waals surface area contributed by atoms with Crippen LogP contribution in [0.5, 0.6) is 5.75 Å². The minimum atomic E-state index is -3.82. The molecule has 3 aliphatic rings. The van der Waals surface area contributed by atoms with E-state index >= 15 is 0 Å². The van der Waals surface area contributed by atoms with E-state index in [-0.39, 0.29) is 16.9 Å². The number of sulfonamides is 1. The van der Waals surface area contributed by atoms with Crippen LogP contribution in [0, 0.1) is 5.92 Å². The minimum Gasteiger partial charge on any atom is -0.489 e. The van der Waals surface area contributed by atoms with Gasteiger partial charge in [0.15, 0.2) is 0 Å². The topological polar surface area (TPSA) is 103 Å². The number of pyridine rings is 1. The van der Waals surface area contributed by atoms with Crippen molar-refractivity contribution in [2.45, 2.75) is 43.2 Å². The predicted molar refractivity (Wildman–Crippen MR) is 78.5 cm³/mol. The van der Waals surface area contributed by atoms with Gasteiger partial charge in [-0.1, -0.05) is 0 Å². The number of hydrogen-bond donors (Lipinski definition) is 1. The summed E-state index contributed by atoms with van der Waals surface area (Å²) in [7, 11) is -3.82. The van der Waals surface area contributed by atoms with Crippen LogP contribution in [0.2, 0.25) is 0 Å². The maximum absolute atomic E-state index is 12.8. The maximum atomic E-state index is 12.8. The fourth-order valence-electron chi connectivity index (χ4n) is 3.29. The molecule has 2 saturated heterocycles. The molecule has 120 valence electrons. The van der Waals surface area contributed by atoms with Crippen LogP contribution >= 0.6 is 0 Å². The number of fused-ring (bicyclic) bond motifs is 1. The fraction of sp³-hybridized carbons (Fsp3) is 0.571. The molecule has 0 atom stereocenters. The Kier molecular flexibility index (Phi) is 3.41. The second-order valence-corrected chi connectivity index (χ2v) is 8.09. The van der Waals surface area contributed by atoms with Gasteiger partial charge in [0.25, 0.3) is 0 Å². The molecule has 0 unspecified atom stereocenters. The Morgan fingerprint density at radius 3 is 2.73 bits per heavy atom. The number of nitrogens with two attached hydrogens (primary N) is 1. The fourth-order valence-corrected chi connectivity index (χ4v) is 5.11. The van der Waals surface area contributed by atoms with E-state index < -0.39 is 21.5 Å². The summed E-state index contributed by atoms with van der Waals surface area (Å²) in [5.41, 5.74) is 4.39. The summed E-state index contributed by atoms with van der Waals surface area (Å²) in [5.74, 6) is 0.0217. The van der Waals surface area contributed by atoms with Crippen molar-refractivity contribution in [3.63, 3.8) is 0 Å². The van der Waals surface area contributed by atoms with Crippen molar-refractivity contribution in [3.05, 3.63) is 18.5 Å². The van der Waals surface area contributed by atoms with E-state index in [1.807, 2.05) is 13.8 Å². The number of carbonyl (C=O) groups is 1. The number of carbonyl (C=O) groups excluding carboxylic acids is 1. The molecular formula is C14H19N3O4S. The molecule has 3 fully saturated rings. The van der Waals surface area contributed by atoms with Crippen molar-refractivity contribution in [2.75, 3.05) is 6.54 Å². The van der Waals surface area contributed by atoms with Gasteiger partial charge in [0, 0.05) is 18.8 Å². The van der Waals surface area contributed by atoms with Gasteiger partial charge in [-0.15, -0.1) is 0 Å². The Morgan fingerprint density at radius 1 is 1.45 bits per heavy atom. The van der Waals surface area contributed by atoms with Crippen LogP contribution < -0.4 is 10.5 Å². The van der Waals surface area contributed by atoms with Crippen LogP contribution in [0.25, 0.3) is 0 Å². The highest BCUT2D eigenvalue weighted by molar-refractivity contribution is 7.89. The van der Waals surface area contributed by atoms with E-state index in [2.05, 4.69) is 4.98 Å². The lowest BCUT2D eigenvalue weighted by Crippen LogP contribution is -2.57. The summed E-state index contributed by atoms with van der Waals surface area (Å²) in [5, 5.41) is 0. The quantitative estimate of drug-likeness (QED) is 0.849. The minimum absolute atomic E-state index is 0.0267. The van der Waals surface area contributed by atoms with Crippen molar-refractivity contribution in [1.29, 1.82) is 0 Å². The molecule has 1 aromatic heterocycles. The van der Waals surface area contributed by atoms with Crippen molar-refractivity contribution in [3.8, 4) is 5.75 Å². The molecule has 3 heterocycles. The Balaban J connectivity index is 1.95. The monoisotopic (exact) mass is 325 g/mol. The summed E-state index contributed by atoms with van der Waals surface area (Å²) < 4.78 is 32.4. The third-order valence-corrected chi connectivity index (χ3v) is 6.16. The lowest BCUT2D eigenvalue weighted by Gasteiger charge is -2.38. The molecule has 0 spiro atoms. The summed E-state index contributed by atoms with van der Waals surface area (Å²) in [6.45, 7) is 4.03. The molecule has 2 N–H and O–H groups in total. The number of aromatic nitrogens is 1. The van der Waals surface area contributed by atoms with E-state index in [1.165, 1.54) is 22.8 Å². The number of primary amides is 1. The van der Waals surface area contributed by atoms with Crippen LogP contribution in [0.1, 0.15) is 26.7 Å². The van der Waals surface area contributed by atoms with Gasteiger partial charge < -0.3 is 10.5 Å². The van der Waals surface area contributed by atoms with Gasteiger partial charge in [0.1, 0.15) is 16.2 Å². The Bertz CT molecular complexity index is 711. The Labute approximate surface area is 129 Å². The van der Waals surface area contributed by atoms with Crippen LogP contribution in [0.15, 0.2) is 23.4 Å². The second kappa shape index (κ2) is 4.92. The summed E-state index contributed by atoms with van der Waals surface area (Å²) in [6.07, 6.45) is 3.67. The molecule has 1 aliphatic carbocycles. The lowest BCUT2D eigenvalue weighted by molar-refractivity contribution is -0.128. The predicted octanol–water partition coefficient (Wildman–Crippen LogP) is 0.507. The van der Waals surface area contributed by atoms with Crippen LogP contribution in [0.3, 0.4) is 0 Å². The third kappa shape index (κ3) is 2.17. The SMILES string of the molecule is CC(C)Oc1cncc(S(=O)(=O)N2CC3CC2(C(N)=O)C3)c1. The highest BCUT2D eigenvalue weighted by Crippen LogP contribution is 2.52. The third-order valence-electron chi connectivity index (χ3n) is 4.26. The molecule has 0 radical (unpaired) electrons. The van der Waals surface area contributed by atoms with Gasteiger partial charge in [0.2, 0.25) is 15.9 Å². The molecule has 1 amide bonds. The summed E-state index contributed by atoms with van der Waals surface area (Å²) in [4.78, 5) is 15.7. The zero-order valence-corrected chi connectivity index (χ0v) is 13.3. The van der Waals surface area contributed by atoms with Crippen molar-refractivity contribution in [1.82, 2.24) is 9.29 Å². The molecule has 22 heavy (non-hydrogen) atoms. The highest BCUT2D eigenvalue weighted by Gasteiger charge is 2.64. The molecule has 4 rings (SSSR count). The van der Waals surface area contributed by atoms with Gasteiger partial charge in [-0.2, -0.15) is 4.31 Å². The van der Waals surface area contributed by atoms with E-state index in [4.69, 9.17) is 10.5 Å². The normalized spacial score (nSPS) is 27.7. The number of ether oxygens (including phenoxy) is 1.